The summed E-state index contributed by atoms with van der Waals surface area (Å²) in [7, 11) is 6.21. The van der Waals surface area contributed by atoms with Gasteiger partial charge >= 0.3 is 5.97 Å². The van der Waals surface area contributed by atoms with Crippen LogP contribution >= 0.6 is 0 Å². The second-order valence-corrected chi connectivity index (χ2v) is 4.69. The molecular weight excluding hydrogens is 178 g/mol. The Labute approximate surface area is 86.9 Å². The third kappa shape index (κ3) is 9.26. The van der Waals surface area contributed by atoms with Crippen molar-refractivity contribution >= 4 is 5.97 Å². The molecule has 0 aliphatic heterocycles. The van der Waals surface area contributed by atoms with Crippen LogP contribution in [0.4, 0.5) is 0 Å². The number of nitrogens with zero attached hydrogens (tertiary/aromatic N) is 1. The Morgan fingerprint density at radius 3 is 2.29 bits per heavy atom. The summed E-state index contributed by atoms with van der Waals surface area (Å²) in [5.74, 6) is -0.124. The molecule has 0 spiro atoms. The Hall–Kier alpha value is -0.830. The second kappa shape index (κ2) is 5.81. The van der Waals surface area contributed by atoms with E-state index in [1.807, 2.05) is 6.92 Å². The number of allylic oxidation sites excluding steroid dienone is 1. The number of carbonyl (C=O) groups excluding carboxylic acids is 1. The molecule has 3 heteroatoms. The monoisotopic (exact) mass is 200 g/mol. The molecule has 0 aliphatic rings. The van der Waals surface area contributed by atoms with Crippen molar-refractivity contribution in [3.63, 3.8) is 0 Å². The normalized spacial score (nSPS) is 11.1. The maximum Gasteiger partial charge on any atom is 0.306 e. The minimum Gasteiger partial charge on any atom is -0.460 e. The van der Waals surface area contributed by atoms with Crippen molar-refractivity contribution in [2.45, 2.75) is 19.8 Å². The molecule has 82 valence electrons. The number of hydrogen-bond donors (Lipinski definition) is 0. The Kier molecular flexibility index (Phi) is 5.46. The molecule has 14 heavy (non-hydrogen) atoms. The maximum absolute atomic E-state index is 11.2. The number of rotatable bonds is 6. The predicted octanol–water partition coefficient (Wildman–Crippen LogP) is 1.59. The van der Waals surface area contributed by atoms with E-state index in [0.717, 1.165) is 23.0 Å². The van der Waals surface area contributed by atoms with Crippen molar-refractivity contribution < 1.29 is 14.0 Å². The summed E-state index contributed by atoms with van der Waals surface area (Å²) >= 11 is 0. The van der Waals surface area contributed by atoms with Gasteiger partial charge in [-0.1, -0.05) is 5.57 Å². The summed E-state index contributed by atoms with van der Waals surface area (Å²) in [6.45, 7) is 7.00. The molecule has 0 aromatic carbocycles. The van der Waals surface area contributed by atoms with Crippen molar-refractivity contribution in [3.8, 4) is 0 Å². The fraction of sp³-hybridized carbons (Fsp3) is 0.727. The first-order chi connectivity index (χ1) is 6.31. The molecule has 0 radical (unpaired) electrons. The number of likely N-dealkylation sites (N-methyl/N-ethyl adjacent to an activating group) is 1. The van der Waals surface area contributed by atoms with Crippen LogP contribution in [0.25, 0.3) is 0 Å². The highest BCUT2D eigenvalue weighted by atomic mass is 16.5. The fourth-order valence-corrected chi connectivity index (χ4v) is 0.821. The van der Waals surface area contributed by atoms with Crippen LogP contribution in [0.1, 0.15) is 19.8 Å². The summed E-state index contributed by atoms with van der Waals surface area (Å²) in [4.78, 5) is 11.2. The number of carbonyl (C=O) groups is 1. The molecule has 0 N–H and O–H groups in total. The van der Waals surface area contributed by atoms with Gasteiger partial charge in [0.2, 0.25) is 0 Å². The van der Waals surface area contributed by atoms with Crippen molar-refractivity contribution in [2.75, 3.05) is 34.3 Å². The van der Waals surface area contributed by atoms with Gasteiger partial charge in [0, 0.05) is 6.42 Å². The van der Waals surface area contributed by atoms with E-state index in [1.54, 1.807) is 0 Å². The van der Waals surface area contributed by atoms with Crippen LogP contribution in [0, 0.1) is 0 Å². The van der Waals surface area contributed by atoms with Crippen LogP contribution < -0.4 is 0 Å². The average molecular weight is 200 g/mol. The summed E-state index contributed by atoms with van der Waals surface area (Å²) in [6, 6.07) is 0. The van der Waals surface area contributed by atoms with E-state index in [-0.39, 0.29) is 5.97 Å². The fourth-order valence-electron chi connectivity index (χ4n) is 0.821. The van der Waals surface area contributed by atoms with E-state index in [0.29, 0.717) is 13.0 Å². The third-order valence-corrected chi connectivity index (χ3v) is 1.78. The molecule has 0 atom stereocenters. The van der Waals surface area contributed by atoms with Crippen LogP contribution in [0.15, 0.2) is 12.2 Å². The zero-order valence-electron chi connectivity index (χ0n) is 9.80. The molecule has 0 heterocycles. The SMILES string of the molecule is C=C(C)CCC(=O)OCC[N+](C)(C)C. The van der Waals surface area contributed by atoms with Gasteiger partial charge in [0.1, 0.15) is 13.2 Å². The Morgan fingerprint density at radius 1 is 1.29 bits per heavy atom. The maximum atomic E-state index is 11.2. The van der Waals surface area contributed by atoms with Gasteiger partial charge in [0.15, 0.2) is 0 Å². The lowest BCUT2D eigenvalue weighted by Crippen LogP contribution is -2.38. The molecule has 0 unspecified atom stereocenters. The number of ether oxygens (including phenoxy) is 1. The van der Waals surface area contributed by atoms with Gasteiger partial charge in [-0.05, 0) is 13.3 Å². The minimum absolute atomic E-state index is 0.124. The van der Waals surface area contributed by atoms with E-state index in [2.05, 4.69) is 27.7 Å². The number of hydrogen-bond acceptors (Lipinski definition) is 2. The van der Waals surface area contributed by atoms with Crippen LogP contribution in [0.5, 0.6) is 0 Å². The molecule has 0 fully saturated rings. The molecule has 3 nitrogen and oxygen atoms in total. The van der Waals surface area contributed by atoms with Gasteiger partial charge in [-0.25, -0.2) is 0 Å². The van der Waals surface area contributed by atoms with Gasteiger partial charge in [-0.15, -0.1) is 6.58 Å². The zero-order chi connectivity index (χ0) is 11.2. The van der Waals surface area contributed by atoms with E-state index in [1.165, 1.54) is 0 Å². The zero-order valence-corrected chi connectivity index (χ0v) is 9.80. The van der Waals surface area contributed by atoms with Gasteiger partial charge in [-0.2, -0.15) is 0 Å². The first kappa shape index (κ1) is 13.2. The van der Waals surface area contributed by atoms with Crippen molar-refractivity contribution in [1.29, 1.82) is 0 Å². The predicted molar refractivity (Wildman–Crippen MR) is 57.9 cm³/mol. The summed E-state index contributed by atoms with van der Waals surface area (Å²) in [5, 5.41) is 0. The Balaban J connectivity index is 3.50. The molecule has 0 saturated carbocycles. The third-order valence-electron chi connectivity index (χ3n) is 1.78. The van der Waals surface area contributed by atoms with Gasteiger partial charge in [0.05, 0.1) is 21.1 Å². The lowest BCUT2D eigenvalue weighted by molar-refractivity contribution is -0.870. The smallest absolute Gasteiger partial charge is 0.306 e. The molecular formula is C11H22NO2+. The lowest BCUT2D eigenvalue weighted by Gasteiger charge is -2.23. The number of quaternary nitrogens is 1. The van der Waals surface area contributed by atoms with Crippen molar-refractivity contribution in [1.82, 2.24) is 0 Å². The first-order valence-electron chi connectivity index (χ1n) is 4.92. The summed E-state index contributed by atoms with van der Waals surface area (Å²) in [5.41, 5.74) is 1.02. The Bertz CT molecular complexity index is 204. The molecule has 0 amide bonds. The summed E-state index contributed by atoms with van der Waals surface area (Å²) < 4.78 is 5.89. The molecule has 0 aromatic rings. The van der Waals surface area contributed by atoms with Crippen LogP contribution in [0.2, 0.25) is 0 Å². The molecule has 0 aliphatic carbocycles. The van der Waals surface area contributed by atoms with E-state index in [4.69, 9.17) is 4.74 Å². The standard InChI is InChI=1S/C11H22NO2/c1-10(2)6-7-11(13)14-9-8-12(3,4)5/h1,6-9H2,2-5H3/q+1. The quantitative estimate of drug-likeness (QED) is 0.370. The molecule has 0 rings (SSSR count). The first-order valence-corrected chi connectivity index (χ1v) is 4.92. The summed E-state index contributed by atoms with van der Waals surface area (Å²) in [6.07, 6.45) is 1.18. The van der Waals surface area contributed by atoms with Crippen LogP contribution in [-0.4, -0.2) is 44.7 Å². The van der Waals surface area contributed by atoms with Crippen molar-refractivity contribution in [3.05, 3.63) is 12.2 Å². The van der Waals surface area contributed by atoms with Gasteiger partial charge in [-0.3, -0.25) is 4.79 Å². The molecule has 0 aromatic heterocycles. The second-order valence-electron chi connectivity index (χ2n) is 4.69. The highest BCUT2D eigenvalue weighted by Gasteiger charge is 2.08. The number of esters is 1. The average Bonchev–Trinajstić information content (AvgIpc) is 1.98. The molecule has 0 bridgehead atoms. The largest absolute Gasteiger partial charge is 0.460 e. The van der Waals surface area contributed by atoms with Crippen molar-refractivity contribution in [2.24, 2.45) is 0 Å². The topological polar surface area (TPSA) is 26.3 Å². The highest BCUT2D eigenvalue weighted by Crippen LogP contribution is 2.01. The highest BCUT2D eigenvalue weighted by molar-refractivity contribution is 5.69. The Morgan fingerprint density at radius 2 is 1.86 bits per heavy atom. The molecule has 0 saturated heterocycles. The van der Waals surface area contributed by atoms with E-state index in [9.17, 15) is 4.79 Å². The van der Waals surface area contributed by atoms with Gasteiger partial charge in [0.25, 0.3) is 0 Å². The minimum atomic E-state index is -0.124. The van der Waals surface area contributed by atoms with Gasteiger partial charge < -0.3 is 9.22 Å². The van der Waals surface area contributed by atoms with Crippen LogP contribution in [0.3, 0.4) is 0 Å². The van der Waals surface area contributed by atoms with E-state index >= 15 is 0 Å². The van der Waals surface area contributed by atoms with E-state index < -0.39 is 0 Å². The van der Waals surface area contributed by atoms with Crippen LogP contribution in [-0.2, 0) is 9.53 Å². The lowest BCUT2D eigenvalue weighted by atomic mass is 10.2.